The lowest BCUT2D eigenvalue weighted by atomic mass is 10.2. The Kier molecular flexibility index (Phi) is 2.61. The second-order valence-electron chi connectivity index (χ2n) is 4.90. The molecule has 1 aromatic heterocycles. The standard InChI is InChI=1S/C12H14N2O3/c1-12(2,3)17-11(16)14-7-8-6-13-5-4-9(8)10(14)15/h4-6H,7H2,1-3H3. The minimum absolute atomic E-state index is 0.233. The molecule has 1 aromatic rings. The number of aromatic nitrogens is 1. The van der Waals surface area contributed by atoms with E-state index in [1.54, 1.807) is 33.0 Å². The van der Waals surface area contributed by atoms with E-state index in [0.717, 1.165) is 10.5 Å². The van der Waals surface area contributed by atoms with Crippen LogP contribution >= 0.6 is 0 Å². The van der Waals surface area contributed by atoms with Gasteiger partial charge in [0.1, 0.15) is 5.60 Å². The summed E-state index contributed by atoms with van der Waals surface area (Å²) in [6, 6.07) is 1.61. The maximum Gasteiger partial charge on any atom is 0.417 e. The third-order valence-corrected chi connectivity index (χ3v) is 2.32. The summed E-state index contributed by atoms with van der Waals surface area (Å²) in [5, 5.41) is 0. The number of rotatable bonds is 0. The zero-order valence-corrected chi connectivity index (χ0v) is 10.1. The third kappa shape index (κ3) is 2.27. The number of amides is 2. The maximum absolute atomic E-state index is 11.9. The predicted molar refractivity (Wildman–Crippen MR) is 60.3 cm³/mol. The van der Waals surface area contributed by atoms with Crippen molar-refractivity contribution < 1.29 is 14.3 Å². The molecule has 0 radical (unpaired) electrons. The molecule has 0 bridgehead atoms. The highest BCUT2D eigenvalue weighted by molar-refractivity contribution is 6.06. The fourth-order valence-corrected chi connectivity index (χ4v) is 1.61. The lowest BCUT2D eigenvalue weighted by molar-refractivity contribution is 0.0248. The number of nitrogens with zero attached hydrogens (tertiary/aromatic N) is 2. The number of ether oxygens (including phenoxy) is 1. The van der Waals surface area contributed by atoms with Crippen LogP contribution in [0.3, 0.4) is 0 Å². The van der Waals surface area contributed by atoms with E-state index in [-0.39, 0.29) is 12.5 Å². The zero-order chi connectivity index (χ0) is 12.6. The molecule has 0 fully saturated rings. The van der Waals surface area contributed by atoms with Crippen LogP contribution in [0.25, 0.3) is 0 Å². The average molecular weight is 234 g/mol. The molecule has 2 heterocycles. The number of carbonyl (C=O) groups excluding carboxylic acids is 2. The highest BCUT2D eigenvalue weighted by atomic mass is 16.6. The van der Waals surface area contributed by atoms with Crippen molar-refractivity contribution in [1.29, 1.82) is 0 Å². The molecule has 0 spiro atoms. The fourth-order valence-electron chi connectivity index (χ4n) is 1.61. The molecule has 0 unspecified atom stereocenters. The van der Waals surface area contributed by atoms with E-state index in [1.807, 2.05) is 0 Å². The Balaban J connectivity index is 2.18. The van der Waals surface area contributed by atoms with Crippen molar-refractivity contribution in [1.82, 2.24) is 9.88 Å². The molecule has 2 amide bonds. The lowest BCUT2D eigenvalue weighted by Gasteiger charge is -2.23. The van der Waals surface area contributed by atoms with Gasteiger partial charge >= 0.3 is 6.09 Å². The van der Waals surface area contributed by atoms with Gasteiger partial charge in [-0.15, -0.1) is 0 Å². The van der Waals surface area contributed by atoms with Crippen LogP contribution in [0.2, 0.25) is 0 Å². The number of carbonyl (C=O) groups is 2. The number of imide groups is 1. The molecule has 0 atom stereocenters. The molecule has 5 nitrogen and oxygen atoms in total. The van der Waals surface area contributed by atoms with Crippen LogP contribution in [-0.2, 0) is 11.3 Å². The summed E-state index contributed by atoms with van der Waals surface area (Å²) in [4.78, 5) is 28.7. The summed E-state index contributed by atoms with van der Waals surface area (Å²) in [5.41, 5.74) is 0.666. The minimum Gasteiger partial charge on any atom is -0.443 e. The summed E-state index contributed by atoms with van der Waals surface area (Å²) in [7, 11) is 0. The first-order valence-electron chi connectivity index (χ1n) is 5.36. The van der Waals surface area contributed by atoms with Crippen molar-refractivity contribution in [2.24, 2.45) is 0 Å². The minimum atomic E-state index is -0.612. The summed E-state index contributed by atoms with van der Waals surface area (Å²) >= 11 is 0. The van der Waals surface area contributed by atoms with E-state index in [9.17, 15) is 9.59 Å². The molecular weight excluding hydrogens is 220 g/mol. The number of hydrogen-bond acceptors (Lipinski definition) is 4. The highest BCUT2D eigenvalue weighted by Crippen LogP contribution is 2.23. The molecule has 0 saturated heterocycles. The molecule has 0 saturated carbocycles. The van der Waals surface area contributed by atoms with Crippen LogP contribution in [0.5, 0.6) is 0 Å². The van der Waals surface area contributed by atoms with Crippen molar-refractivity contribution >= 4 is 12.0 Å². The fraction of sp³-hybridized carbons (Fsp3) is 0.417. The quantitative estimate of drug-likeness (QED) is 0.688. The van der Waals surface area contributed by atoms with E-state index >= 15 is 0 Å². The maximum atomic E-state index is 11.9. The van der Waals surface area contributed by atoms with Crippen molar-refractivity contribution in [3.8, 4) is 0 Å². The normalized spacial score (nSPS) is 14.8. The summed E-state index contributed by atoms with van der Waals surface area (Å²) in [6.45, 7) is 5.53. The van der Waals surface area contributed by atoms with Gasteiger partial charge in [-0.05, 0) is 26.8 Å². The van der Waals surface area contributed by atoms with E-state index in [4.69, 9.17) is 4.74 Å². The summed E-state index contributed by atoms with van der Waals surface area (Å²) < 4.78 is 5.17. The lowest BCUT2D eigenvalue weighted by Crippen LogP contribution is -2.36. The van der Waals surface area contributed by atoms with Gasteiger partial charge in [0.15, 0.2) is 0 Å². The molecule has 17 heavy (non-hydrogen) atoms. The Morgan fingerprint density at radius 1 is 1.47 bits per heavy atom. The zero-order valence-electron chi connectivity index (χ0n) is 10.1. The van der Waals surface area contributed by atoms with Gasteiger partial charge in [-0.25, -0.2) is 9.69 Å². The Morgan fingerprint density at radius 3 is 2.76 bits per heavy atom. The monoisotopic (exact) mass is 234 g/mol. The first kappa shape index (κ1) is 11.6. The van der Waals surface area contributed by atoms with Crippen molar-refractivity contribution in [2.45, 2.75) is 32.9 Å². The molecule has 5 heteroatoms. The molecule has 1 aliphatic rings. The van der Waals surface area contributed by atoms with Gasteiger partial charge in [0.2, 0.25) is 0 Å². The largest absolute Gasteiger partial charge is 0.443 e. The second-order valence-corrected chi connectivity index (χ2v) is 4.90. The highest BCUT2D eigenvalue weighted by Gasteiger charge is 2.34. The van der Waals surface area contributed by atoms with Crippen LogP contribution in [-0.4, -0.2) is 27.5 Å². The van der Waals surface area contributed by atoms with Crippen LogP contribution < -0.4 is 0 Å². The van der Waals surface area contributed by atoms with Gasteiger partial charge < -0.3 is 4.74 Å². The smallest absolute Gasteiger partial charge is 0.417 e. The SMILES string of the molecule is CC(C)(C)OC(=O)N1Cc2cnccc2C1=O. The molecule has 0 aromatic carbocycles. The van der Waals surface area contributed by atoms with E-state index in [1.165, 1.54) is 6.20 Å². The molecule has 1 aliphatic heterocycles. The first-order chi connectivity index (χ1) is 7.88. The third-order valence-electron chi connectivity index (χ3n) is 2.32. The van der Waals surface area contributed by atoms with Crippen LogP contribution in [0.1, 0.15) is 36.7 Å². The molecule has 0 aliphatic carbocycles. The van der Waals surface area contributed by atoms with Crippen LogP contribution in [0.4, 0.5) is 4.79 Å². The Morgan fingerprint density at radius 2 is 2.18 bits per heavy atom. The van der Waals surface area contributed by atoms with Crippen LogP contribution in [0, 0.1) is 0 Å². The van der Waals surface area contributed by atoms with Gasteiger partial charge in [-0.3, -0.25) is 9.78 Å². The van der Waals surface area contributed by atoms with E-state index in [0.29, 0.717) is 5.56 Å². The van der Waals surface area contributed by atoms with E-state index < -0.39 is 11.7 Å². The van der Waals surface area contributed by atoms with Crippen molar-refractivity contribution in [3.63, 3.8) is 0 Å². The van der Waals surface area contributed by atoms with Gasteiger partial charge in [-0.1, -0.05) is 0 Å². The second kappa shape index (κ2) is 3.84. The van der Waals surface area contributed by atoms with Gasteiger partial charge in [0.25, 0.3) is 5.91 Å². The Labute approximate surface area is 99.4 Å². The van der Waals surface area contributed by atoms with Crippen LogP contribution in [0.15, 0.2) is 18.5 Å². The molecular formula is C12H14N2O3. The van der Waals surface area contributed by atoms with Gasteiger partial charge in [-0.2, -0.15) is 0 Å². The van der Waals surface area contributed by atoms with Crippen molar-refractivity contribution in [2.75, 3.05) is 0 Å². The molecule has 0 N–H and O–H groups in total. The number of pyridine rings is 1. The average Bonchev–Trinajstić information content (AvgIpc) is 2.55. The summed E-state index contributed by atoms with van der Waals surface area (Å²) in [5.74, 6) is -0.323. The Hall–Kier alpha value is -1.91. The first-order valence-corrected chi connectivity index (χ1v) is 5.36. The summed E-state index contributed by atoms with van der Waals surface area (Å²) in [6.07, 6.45) is 2.52. The van der Waals surface area contributed by atoms with Gasteiger partial charge in [0, 0.05) is 23.5 Å². The topological polar surface area (TPSA) is 59.5 Å². The van der Waals surface area contributed by atoms with E-state index in [2.05, 4.69) is 4.98 Å². The predicted octanol–water partition coefficient (Wildman–Crippen LogP) is 1.97. The molecule has 2 rings (SSSR count). The van der Waals surface area contributed by atoms with Gasteiger partial charge in [0.05, 0.1) is 6.54 Å². The number of hydrogen-bond donors (Lipinski definition) is 0. The molecule has 90 valence electrons. The number of fused-ring (bicyclic) bond motifs is 1. The Bertz CT molecular complexity index is 477. The van der Waals surface area contributed by atoms with Crippen molar-refractivity contribution in [3.05, 3.63) is 29.6 Å².